The molecule has 0 aliphatic heterocycles. The van der Waals surface area contributed by atoms with Crippen molar-refractivity contribution in [1.29, 1.82) is 0 Å². The standard InChI is InChI=1S/C19H25N3O5S/c1-6-22-13(2)10-17(14(22)3)19(24)27-12-18(23)20-15-8-7-9-16(11-15)28(25,26)21(4)5/h7-11H,6,12H2,1-5H3,(H,20,23). The fraction of sp³-hybridized carbons (Fsp3) is 0.368. The molecule has 2 rings (SSSR count). The van der Waals surface area contributed by atoms with Gasteiger partial charge in [0, 0.05) is 37.7 Å². The van der Waals surface area contributed by atoms with E-state index in [1.165, 1.54) is 32.3 Å². The monoisotopic (exact) mass is 407 g/mol. The second-order valence-electron chi connectivity index (χ2n) is 6.47. The van der Waals surface area contributed by atoms with Crippen LogP contribution in [0, 0.1) is 13.8 Å². The van der Waals surface area contributed by atoms with Gasteiger partial charge in [-0.05, 0) is 45.0 Å². The maximum atomic E-state index is 12.3. The summed E-state index contributed by atoms with van der Waals surface area (Å²) in [5.74, 6) is -1.14. The number of carbonyl (C=O) groups is 2. The van der Waals surface area contributed by atoms with Crippen molar-refractivity contribution in [2.75, 3.05) is 26.0 Å². The topological polar surface area (TPSA) is 97.7 Å². The molecule has 0 unspecified atom stereocenters. The van der Waals surface area contributed by atoms with Crippen molar-refractivity contribution in [3.05, 3.63) is 47.3 Å². The number of hydrogen-bond donors (Lipinski definition) is 1. The molecule has 1 aromatic carbocycles. The van der Waals surface area contributed by atoms with Gasteiger partial charge in [-0.1, -0.05) is 6.07 Å². The van der Waals surface area contributed by atoms with Gasteiger partial charge in [0.25, 0.3) is 5.91 Å². The Hall–Kier alpha value is -2.65. The lowest BCUT2D eigenvalue weighted by molar-refractivity contribution is -0.119. The quantitative estimate of drug-likeness (QED) is 0.710. The van der Waals surface area contributed by atoms with E-state index in [9.17, 15) is 18.0 Å². The van der Waals surface area contributed by atoms with E-state index in [0.717, 1.165) is 22.2 Å². The van der Waals surface area contributed by atoms with Crippen molar-refractivity contribution in [2.24, 2.45) is 0 Å². The summed E-state index contributed by atoms with van der Waals surface area (Å²) in [4.78, 5) is 24.4. The Balaban J connectivity index is 2.03. The van der Waals surface area contributed by atoms with Crippen LogP contribution in [0.3, 0.4) is 0 Å². The van der Waals surface area contributed by atoms with E-state index >= 15 is 0 Å². The Morgan fingerprint density at radius 2 is 1.86 bits per heavy atom. The van der Waals surface area contributed by atoms with E-state index in [0.29, 0.717) is 11.3 Å². The maximum Gasteiger partial charge on any atom is 0.340 e. The normalized spacial score (nSPS) is 11.5. The number of benzene rings is 1. The van der Waals surface area contributed by atoms with Gasteiger partial charge in [0.05, 0.1) is 10.5 Å². The molecule has 0 fully saturated rings. The van der Waals surface area contributed by atoms with Crippen LogP contribution in [-0.4, -0.2) is 49.9 Å². The molecule has 28 heavy (non-hydrogen) atoms. The summed E-state index contributed by atoms with van der Waals surface area (Å²) in [5.41, 5.74) is 2.45. The first-order chi connectivity index (χ1) is 13.1. The number of hydrogen-bond acceptors (Lipinski definition) is 5. The fourth-order valence-electron chi connectivity index (χ4n) is 2.85. The van der Waals surface area contributed by atoms with Crippen LogP contribution in [0.1, 0.15) is 28.7 Å². The molecular formula is C19H25N3O5S. The van der Waals surface area contributed by atoms with E-state index in [2.05, 4.69) is 5.32 Å². The molecule has 152 valence electrons. The van der Waals surface area contributed by atoms with Crippen LogP contribution < -0.4 is 5.32 Å². The van der Waals surface area contributed by atoms with Crippen molar-refractivity contribution < 1.29 is 22.7 Å². The van der Waals surface area contributed by atoms with Gasteiger partial charge in [0.15, 0.2) is 6.61 Å². The fourth-order valence-corrected chi connectivity index (χ4v) is 3.79. The van der Waals surface area contributed by atoms with Crippen molar-refractivity contribution in [3.63, 3.8) is 0 Å². The first-order valence-corrected chi connectivity index (χ1v) is 10.2. The Kier molecular flexibility index (Phi) is 6.63. The number of amides is 1. The summed E-state index contributed by atoms with van der Waals surface area (Å²) in [6.45, 7) is 5.96. The zero-order valence-corrected chi connectivity index (χ0v) is 17.5. The molecule has 2 aromatic rings. The zero-order valence-electron chi connectivity index (χ0n) is 16.6. The summed E-state index contributed by atoms with van der Waals surface area (Å²) in [7, 11) is -0.759. The molecule has 1 aromatic heterocycles. The molecule has 0 radical (unpaired) electrons. The molecule has 1 amide bonds. The first-order valence-electron chi connectivity index (χ1n) is 8.74. The molecule has 1 N–H and O–H groups in total. The molecule has 0 saturated carbocycles. The highest BCUT2D eigenvalue weighted by Gasteiger charge is 2.19. The summed E-state index contributed by atoms with van der Waals surface area (Å²) < 4.78 is 32.5. The lowest BCUT2D eigenvalue weighted by atomic mass is 10.2. The van der Waals surface area contributed by atoms with E-state index in [-0.39, 0.29) is 4.90 Å². The number of anilines is 1. The van der Waals surface area contributed by atoms with Gasteiger partial charge >= 0.3 is 5.97 Å². The lowest BCUT2D eigenvalue weighted by Gasteiger charge is -2.12. The summed E-state index contributed by atoms with van der Waals surface area (Å²) in [5, 5.41) is 2.54. The summed E-state index contributed by atoms with van der Waals surface area (Å²) in [6, 6.07) is 7.61. The van der Waals surface area contributed by atoms with Crippen molar-refractivity contribution >= 4 is 27.6 Å². The van der Waals surface area contributed by atoms with Gasteiger partial charge < -0.3 is 14.6 Å². The highest BCUT2D eigenvalue weighted by molar-refractivity contribution is 7.89. The van der Waals surface area contributed by atoms with E-state index in [1.54, 1.807) is 12.1 Å². The number of carbonyl (C=O) groups excluding carboxylic acids is 2. The Morgan fingerprint density at radius 1 is 1.18 bits per heavy atom. The Bertz CT molecular complexity index is 993. The van der Waals surface area contributed by atoms with Crippen molar-refractivity contribution in [2.45, 2.75) is 32.2 Å². The number of esters is 1. The molecule has 8 nitrogen and oxygen atoms in total. The number of aromatic nitrogens is 1. The zero-order chi connectivity index (χ0) is 21.1. The molecule has 0 saturated heterocycles. The highest BCUT2D eigenvalue weighted by atomic mass is 32.2. The van der Waals surface area contributed by atoms with Gasteiger partial charge in [0.2, 0.25) is 10.0 Å². The van der Waals surface area contributed by atoms with Crippen LogP contribution in [0.2, 0.25) is 0 Å². The van der Waals surface area contributed by atoms with E-state index in [1.807, 2.05) is 25.3 Å². The smallest absolute Gasteiger partial charge is 0.340 e. The largest absolute Gasteiger partial charge is 0.452 e. The second-order valence-corrected chi connectivity index (χ2v) is 8.62. The molecule has 0 bridgehead atoms. The predicted octanol–water partition coefficient (Wildman–Crippen LogP) is 2.17. The summed E-state index contributed by atoms with van der Waals surface area (Å²) in [6.07, 6.45) is 0. The maximum absolute atomic E-state index is 12.3. The van der Waals surface area contributed by atoms with Crippen LogP contribution in [0.4, 0.5) is 5.69 Å². The summed E-state index contributed by atoms with van der Waals surface area (Å²) >= 11 is 0. The van der Waals surface area contributed by atoms with E-state index < -0.39 is 28.5 Å². The van der Waals surface area contributed by atoms with Gasteiger partial charge in [-0.3, -0.25) is 4.79 Å². The minimum Gasteiger partial charge on any atom is -0.452 e. The number of rotatable bonds is 7. The number of nitrogens with zero attached hydrogens (tertiary/aromatic N) is 2. The third-order valence-electron chi connectivity index (χ3n) is 4.34. The predicted molar refractivity (Wildman–Crippen MR) is 106 cm³/mol. The van der Waals surface area contributed by atoms with E-state index in [4.69, 9.17) is 4.74 Å². The Morgan fingerprint density at radius 3 is 2.43 bits per heavy atom. The molecular weight excluding hydrogens is 382 g/mol. The third-order valence-corrected chi connectivity index (χ3v) is 6.15. The molecule has 1 heterocycles. The van der Waals surface area contributed by atoms with Gasteiger partial charge in [-0.15, -0.1) is 0 Å². The molecule has 9 heteroatoms. The number of aryl methyl sites for hydroxylation is 1. The highest BCUT2D eigenvalue weighted by Crippen LogP contribution is 2.18. The molecule has 0 spiro atoms. The van der Waals surface area contributed by atoms with Gasteiger partial charge in [-0.2, -0.15) is 0 Å². The SMILES string of the molecule is CCn1c(C)cc(C(=O)OCC(=O)Nc2cccc(S(=O)(=O)N(C)C)c2)c1C. The second kappa shape index (κ2) is 8.57. The molecule has 0 aliphatic rings. The van der Waals surface area contributed by atoms with Crippen molar-refractivity contribution in [1.82, 2.24) is 8.87 Å². The van der Waals surface area contributed by atoms with Crippen molar-refractivity contribution in [3.8, 4) is 0 Å². The van der Waals surface area contributed by atoms with Crippen LogP contribution in [0.25, 0.3) is 0 Å². The van der Waals surface area contributed by atoms with Crippen LogP contribution in [0.15, 0.2) is 35.2 Å². The Labute approximate surface area is 165 Å². The molecule has 0 aliphatic carbocycles. The van der Waals surface area contributed by atoms with Gasteiger partial charge in [-0.25, -0.2) is 17.5 Å². The number of nitrogens with one attached hydrogen (secondary N) is 1. The van der Waals surface area contributed by atoms with Crippen LogP contribution in [0.5, 0.6) is 0 Å². The average molecular weight is 407 g/mol. The number of sulfonamides is 1. The van der Waals surface area contributed by atoms with Crippen LogP contribution >= 0.6 is 0 Å². The van der Waals surface area contributed by atoms with Gasteiger partial charge in [0.1, 0.15) is 0 Å². The average Bonchev–Trinajstić information content (AvgIpc) is 2.93. The first kappa shape index (κ1) is 21.6. The third kappa shape index (κ3) is 4.60. The number of ether oxygens (including phenoxy) is 1. The molecule has 0 atom stereocenters. The van der Waals surface area contributed by atoms with Crippen LogP contribution in [-0.2, 0) is 26.1 Å². The minimum atomic E-state index is -3.61. The minimum absolute atomic E-state index is 0.0549. The lowest BCUT2D eigenvalue weighted by Crippen LogP contribution is -2.23.